The Morgan fingerprint density at radius 2 is 1.59 bits per heavy atom. The fraction of sp³-hybridized carbons (Fsp3) is 0.259. The molecule has 0 aliphatic carbocycles. The molecular weight excluding hydrogens is 432 g/mol. The number of benzene rings is 3. The first-order valence-corrected chi connectivity index (χ1v) is 11.4. The van der Waals surface area contributed by atoms with Crippen molar-refractivity contribution in [2.45, 2.75) is 13.0 Å². The molecule has 0 atom stereocenters. The van der Waals surface area contributed by atoms with Gasteiger partial charge in [0, 0.05) is 24.3 Å². The number of fused-ring (bicyclic) bond motifs is 1. The van der Waals surface area contributed by atoms with Crippen molar-refractivity contribution < 1.29 is 23.8 Å². The van der Waals surface area contributed by atoms with Gasteiger partial charge in [-0.3, -0.25) is 9.59 Å². The van der Waals surface area contributed by atoms with Crippen LogP contribution in [0.3, 0.4) is 0 Å². The lowest BCUT2D eigenvalue weighted by atomic mass is 10.1. The van der Waals surface area contributed by atoms with Crippen LogP contribution in [0.25, 0.3) is 0 Å². The minimum absolute atomic E-state index is 0.0668. The van der Waals surface area contributed by atoms with Crippen LogP contribution in [0, 0.1) is 0 Å². The maximum atomic E-state index is 13.7. The highest BCUT2D eigenvalue weighted by atomic mass is 16.7. The highest BCUT2D eigenvalue weighted by Crippen LogP contribution is 2.33. The van der Waals surface area contributed by atoms with Gasteiger partial charge in [0.1, 0.15) is 0 Å². The van der Waals surface area contributed by atoms with Gasteiger partial charge in [0.2, 0.25) is 12.7 Å². The highest BCUT2D eigenvalue weighted by Gasteiger charge is 2.23. The predicted octanol–water partition coefficient (Wildman–Crippen LogP) is 3.66. The molecule has 34 heavy (non-hydrogen) atoms. The first kappa shape index (κ1) is 22.0. The fourth-order valence-corrected chi connectivity index (χ4v) is 4.17. The molecule has 0 aromatic heterocycles. The second-order valence-corrected chi connectivity index (χ2v) is 8.28. The number of anilines is 1. The van der Waals surface area contributed by atoms with Crippen molar-refractivity contribution in [2.24, 2.45) is 0 Å². The second-order valence-electron chi connectivity index (χ2n) is 8.28. The summed E-state index contributed by atoms with van der Waals surface area (Å²) in [4.78, 5) is 30.0. The van der Waals surface area contributed by atoms with Crippen LogP contribution in [0.15, 0.2) is 72.8 Å². The van der Waals surface area contributed by atoms with Gasteiger partial charge in [-0.15, -0.1) is 0 Å². The van der Waals surface area contributed by atoms with Gasteiger partial charge >= 0.3 is 0 Å². The topological polar surface area (TPSA) is 68.3 Å². The van der Waals surface area contributed by atoms with E-state index in [0.29, 0.717) is 49.9 Å². The molecule has 0 saturated carbocycles. The Morgan fingerprint density at radius 1 is 0.824 bits per heavy atom. The number of carbonyl (C=O) groups excluding carboxylic acids is 2. The Kier molecular flexibility index (Phi) is 6.44. The average molecular weight is 459 g/mol. The summed E-state index contributed by atoms with van der Waals surface area (Å²) in [7, 11) is 0. The predicted molar refractivity (Wildman–Crippen MR) is 127 cm³/mol. The van der Waals surface area contributed by atoms with Gasteiger partial charge in [-0.25, -0.2) is 0 Å². The Hall–Kier alpha value is -3.84. The van der Waals surface area contributed by atoms with Crippen LogP contribution in [0.1, 0.15) is 21.5 Å². The van der Waals surface area contributed by atoms with Gasteiger partial charge in [-0.1, -0.05) is 42.5 Å². The van der Waals surface area contributed by atoms with E-state index in [0.717, 1.165) is 16.8 Å². The highest BCUT2D eigenvalue weighted by molar-refractivity contribution is 6.06. The summed E-state index contributed by atoms with van der Waals surface area (Å²) >= 11 is 0. The Morgan fingerprint density at radius 3 is 2.41 bits per heavy atom. The lowest BCUT2D eigenvalue weighted by Crippen LogP contribution is -2.41. The van der Waals surface area contributed by atoms with E-state index in [2.05, 4.69) is 0 Å². The van der Waals surface area contributed by atoms with Crippen LogP contribution in [0.4, 0.5) is 5.69 Å². The first-order chi connectivity index (χ1) is 16.7. The molecule has 2 amide bonds. The van der Waals surface area contributed by atoms with E-state index >= 15 is 0 Å². The van der Waals surface area contributed by atoms with Gasteiger partial charge in [0.05, 0.1) is 26.2 Å². The number of ether oxygens (including phenoxy) is 3. The lowest BCUT2D eigenvalue weighted by molar-refractivity contribution is -0.134. The van der Waals surface area contributed by atoms with Crippen LogP contribution in [-0.2, 0) is 22.5 Å². The molecule has 1 saturated heterocycles. The summed E-state index contributed by atoms with van der Waals surface area (Å²) in [6.45, 7) is 2.92. The molecule has 5 rings (SSSR count). The monoisotopic (exact) mass is 458 g/mol. The first-order valence-electron chi connectivity index (χ1n) is 11.4. The van der Waals surface area contributed by atoms with Crippen LogP contribution in [0.5, 0.6) is 11.5 Å². The van der Waals surface area contributed by atoms with E-state index in [1.54, 1.807) is 23.1 Å². The molecule has 7 heteroatoms. The largest absolute Gasteiger partial charge is 0.454 e. The van der Waals surface area contributed by atoms with E-state index in [9.17, 15) is 9.59 Å². The van der Waals surface area contributed by atoms with E-state index in [4.69, 9.17) is 14.2 Å². The van der Waals surface area contributed by atoms with Crippen LogP contribution in [0.2, 0.25) is 0 Å². The second kappa shape index (κ2) is 9.97. The smallest absolute Gasteiger partial charge is 0.258 e. The summed E-state index contributed by atoms with van der Waals surface area (Å²) < 4.78 is 16.2. The minimum atomic E-state index is -0.154. The normalized spacial score (nSPS) is 14.6. The molecule has 0 radical (unpaired) electrons. The number of hydrogen-bond donors (Lipinski definition) is 0. The lowest BCUT2D eigenvalue weighted by Gasteiger charge is -2.27. The molecule has 0 unspecified atom stereocenters. The quantitative estimate of drug-likeness (QED) is 0.564. The van der Waals surface area contributed by atoms with Gasteiger partial charge in [0.15, 0.2) is 11.5 Å². The molecule has 3 aromatic rings. The number of rotatable bonds is 6. The molecular formula is C27H26N2O5. The van der Waals surface area contributed by atoms with Gasteiger partial charge < -0.3 is 24.0 Å². The number of carbonyl (C=O) groups is 2. The molecule has 3 aromatic carbocycles. The standard InChI is InChI=1S/C27H26N2O5/c30-26(28-11-13-32-14-12-28)16-21-7-4-8-23(15-21)29(18-20-5-2-1-3-6-20)27(31)22-9-10-24-25(17-22)34-19-33-24/h1-10,15,17H,11-14,16,18-19H2. The Bertz CT molecular complexity index is 1170. The van der Waals surface area contributed by atoms with Crippen LogP contribution < -0.4 is 14.4 Å². The number of morpholine rings is 1. The summed E-state index contributed by atoms with van der Waals surface area (Å²) in [5, 5.41) is 0. The average Bonchev–Trinajstić information content (AvgIpc) is 3.36. The molecule has 0 bridgehead atoms. The molecule has 2 aliphatic rings. The van der Waals surface area contributed by atoms with Gasteiger partial charge in [0.25, 0.3) is 5.91 Å². The van der Waals surface area contributed by atoms with Gasteiger partial charge in [-0.05, 0) is 41.5 Å². The van der Waals surface area contributed by atoms with Crippen molar-refractivity contribution >= 4 is 17.5 Å². The molecule has 174 valence electrons. The Balaban J connectivity index is 1.42. The van der Waals surface area contributed by atoms with Crippen molar-refractivity contribution in [2.75, 3.05) is 38.0 Å². The molecule has 0 spiro atoms. The van der Waals surface area contributed by atoms with E-state index in [1.807, 2.05) is 59.5 Å². The van der Waals surface area contributed by atoms with E-state index < -0.39 is 0 Å². The number of hydrogen-bond acceptors (Lipinski definition) is 5. The van der Waals surface area contributed by atoms with Crippen molar-refractivity contribution in [1.29, 1.82) is 0 Å². The van der Waals surface area contributed by atoms with Crippen LogP contribution >= 0.6 is 0 Å². The molecule has 2 aliphatic heterocycles. The zero-order chi connectivity index (χ0) is 23.3. The van der Waals surface area contributed by atoms with Crippen LogP contribution in [-0.4, -0.2) is 49.8 Å². The van der Waals surface area contributed by atoms with Gasteiger partial charge in [-0.2, -0.15) is 0 Å². The molecule has 2 heterocycles. The fourth-order valence-electron chi connectivity index (χ4n) is 4.17. The summed E-state index contributed by atoms with van der Waals surface area (Å²) in [5.74, 6) is 1.11. The third kappa shape index (κ3) is 4.89. The molecule has 7 nitrogen and oxygen atoms in total. The maximum absolute atomic E-state index is 13.7. The van der Waals surface area contributed by atoms with Crippen molar-refractivity contribution in [3.8, 4) is 11.5 Å². The SMILES string of the molecule is O=C(Cc1cccc(N(Cc2ccccc2)C(=O)c2ccc3c(c2)OCO3)c1)N1CCOCC1. The van der Waals surface area contributed by atoms with Crippen molar-refractivity contribution in [3.05, 3.63) is 89.5 Å². The van der Waals surface area contributed by atoms with E-state index in [-0.39, 0.29) is 25.0 Å². The summed E-state index contributed by atoms with van der Waals surface area (Å²) in [6, 6.07) is 22.7. The number of nitrogens with zero attached hydrogens (tertiary/aromatic N) is 2. The number of amides is 2. The third-order valence-corrected chi connectivity index (χ3v) is 5.99. The van der Waals surface area contributed by atoms with Crippen molar-refractivity contribution in [1.82, 2.24) is 4.90 Å². The zero-order valence-corrected chi connectivity index (χ0v) is 18.8. The zero-order valence-electron chi connectivity index (χ0n) is 18.8. The summed E-state index contributed by atoms with van der Waals surface area (Å²) in [5.41, 5.74) is 3.12. The molecule has 0 N–H and O–H groups in total. The minimum Gasteiger partial charge on any atom is -0.454 e. The maximum Gasteiger partial charge on any atom is 0.258 e. The molecule has 1 fully saturated rings. The third-order valence-electron chi connectivity index (χ3n) is 5.99. The van der Waals surface area contributed by atoms with Crippen molar-refractivity contribution in [3.63, 3.8) is 0 Å². The van der Waals surface area contributed by atoms with E-state index in [1.165, 1.54) is 0 Å². The summed E-state index contributed by atoms with van der Waals surface area (Å²) in [6.07, 6.45) is 0.283. The Labute approximate surface area is 198 Å².